The highest BCUT2D eigenvalue weighted by Gasteiger charge is 2.24. The Hall–Kier alpha value is -6.04. The van der Waals surface area contributed by atoms with Crippen molar-refractivity contribution in [1.29, 1.82) is 0 Å². The minimum Gasteiger partial charge on any atom is -0.508 e. The van der Waals surface area contributed by atoms with Crippen molar-refractivity contribution in [3.05, 3.63) is 116 Å². The van der Waals surface area contributed by atoms with Gasteiger partial charge in [0.15, 0.2) is 0 Å². The van der Waals surface area contributed by atoms with E-state index in [-0.39, 0.29) is 67.0 Å². The summed E-state index contributed by atoms with van der Waals surface area (Å²) in [7, 11) is 5.17. The van der Waals surface area contributed by atoms with E-state index in [2.05, 4.69) is 0 Å². The molecule has 0 aromatic heterocycles. The lowest BCUT2D eigenvalue weighted by atomic mass is 9.87. The molecule has 2 unspecified atom stereocenters. The summed E-state index contributed by atoms with van der Waals surface area (Å²) in [6.07, 6.45) is 1.09. The van der Waals surface area contributed by atoms with Crippen LogP contribution in [0.4, 0.5) is 0 Å². The van der Waals surface area contributed by atoms with Gasteiger partial charge in [-0.2, -0.15) is 0 Å². The van der Waals surface area contributed by atoms with Crippen LogP contribution in [0.15, 0.2) is 60.7 Å². The van der Waals surface area contributed by atoms with E-state index in [4.69, 9.17) is 18.9 Å². The number of benzene rings is 4. The molecule has 0 spiro atoms. The Balaban J connectivity index is 1.82. The third-order valence-electron chi connectivity index (χ3n) is 9.81. The summed E-state index contributed by atoms with van der Waals surface area (Å²) in [5, 5.41) is 45.2. The standard InChI is InChI=1S/C43H48O12/c1-24(42(50)54-5)28-17-32(21-30-15-26(7-11-36(30)44)9-13-38(46)52-3)40(48)34(19-28)23-35-20-29(25(2)43(51)55-6)18-33(41(35)49)22-31-16-27(8-12-37(31)45)10-14-39(47)53-4/h7-8,11-12,15-20,24-25,44-45,48-49H,9-10,13-14,21-23H2,1-6H3. The van der Waals surface area contributed by atoms with Crippen molar-refractivity contribution in [3.8, 4) is 23.0 Å². The molecule has 4 rings (SSSR count). The van der Waals surface area contributed by atoms with Gasteiger partial charge in [-0.3, -0.25) is 19.2 Å². The van der Waals surface area contributed by atoms with E-state index >= 15 is 0 Å². The third kappa shape index (κ3) is 10.6. The summed E-state index contributed by atoms with van der Waals surface area (Å²) in [5.74, 6) is -3.59. The van der Waals surface area contributed by atoms with Crippen molar-refractivity contribution in [1.82, 2.24) is 0 Å². The molecule has 4 N–H and O–H groups in total. The monoisotopic (exact) mass is 756 g/mol. The zero-order valence-corrected chi connectivity index (χ0v) is 31.9. The topological polar surface area (TPSA) is 186 Å². The molecule has 0 saturated heterocycles. The number of hydrogen-bond donors (Lipinski definition) is 4. The van der Waals surface area contributed by atoms with Crippen molar-refractivity contribution in [2.24, 2.45) is 0 Å². The fourth-order valence-electron chi connectivity index (χ4n) is 6.42. The van der Waals surface area contributed by atoms with E-state index in [1.165, 1.54) is 40.6 Å². The van der Waals surface area contributed by atoms with Gasteiger partial charge in [-0.25, -0.2) is 0 Å². The number of aryl methyl sites for hydroxylation is 2. The van der Waals surface area contributed by atoms with Gasteiger partial charge in [-0.1, -0.05) is 48.5 Å². The predicted molar refractivity (Wildman–Crippen MR) is 202 cm³/mol. The minimum absolute atomic E-state index is 0.0291. The number of carbonyl (C=O) groups excluding carboxylic acids is 4. The number of esters is 4. The maximum absolute atomic E-state index is 12.7. The first-order chi connectivity index (χ1) is 26.2. The molecule has 0 radical (unpaired) electrons. The molecule has 0 bridgehead atoms. The lowest BCUT2D eigenvalue weighted by Gasteiger charge is -2.20. The summed E-state index contributed by atoms with van der Waals surface area (Å²) < 4.78 is 19.5. The molecule has 0 fully saturated rings. The molecule has 292 valence electrons. The summed E-state index contributed by atoms with van der Waals surface area (Å²) >= 11 is 0. The van der Waals surface area contributed by atoms with Crippen LogP contribution in [0, 0.1) is 0 Å². The second-order valence-corrected chi connectivity index (χ2v) is 13.5. The van der Waals surface area contributed by atoms with Gasteiger partial charge in [0.25, 0.3) is 0 Å². The lowest BCUT2D eigenvalue weighted by Crippen LogP contribution is -2.13. The van der Waals surface area contributed by atoms with Crippen LogP contribution in [-0.2, 0) is 70.2 Å². The van der Waals surface area contributed by atoms with Gasteiger partial charge in [0.1, 0.15) is 23.0 Å². The molecule has 55 heavy (non-hydrogen) atoms. The van der Waals surface area contributed by atoms with Crippen molar-refractivity contribution in [3.63, 3.8) is 0 Å². The van der Waals surface area contributed by atoms with Crippen molar-refractivity contribution >= 4 is 23.9 Å². The van der Waals surface area contributed by atoms with Crippen LogP contribution >= 0.6 is 0 Å². The third-order valence-corrected chi connectivity index (χ3v) is 9.81. The summed E-state index contributed by atoms with van der Waals surface area (Å²) in [6, 6.07) is 16.5. The number of methoxy groups -OCH3 is 4. The van der Waals surface area contributed by atoms with Crippen LogP contribution in [0.5, 0.6) is 23.0 Å². The molecule has 12 heteroatoms. The van der Waals surface area contributed by atoms with Gasteiger partial charge in [0, 0.05) is 32.1 Å². The van der Waals surface area contributed by atoms with E-state index in [1.54, 1.807) is 62.4 Å². The molecule has 0 amide bonds. The highest BCUT2D eigenvalue weighted by atomic mass is 16.5. The Morgan fingerprint density at radius 2 is 0.818 bits per heavy atom. The van der Waals surface area contributed by atoms with Crippen LogP contribution < -0.4 is 0 Å². The zero-order chi connectivity index (χ0) is 40.4. The molecule has 2 atom stereocenters. The maximum Gasteiger partial charge on any atom is 0.312 e. The molecule has 4 aromatic carbocycles. The number of hydrogen-bond acceptors (Lipinski definition) is 12. The van der Waals surface area contributed by atoms with E-state index in [9.17, 15) is 39.6 Å². The fraction of sp³-hybridized carbons (Fsp3) is 0.349. The average molecular weight is 757 g/mol. The fourth-order valence-corrected chi connectivity index (χ4v) is 6.42. The first-order valence-corrected chi connectivity index (χ1v) is 17.8. The second-order valence-electron chi connectivity index (χ2n) is 13.5. The molecule has 0 aliphatic rings. The number of ether oxygens (including phenoxy) is 4. The number of carbonyl (C=O) groups is 4. The largest absolute Gasteiger partial charge is 0.508 e. The van der Waals surface area contributed by atoms with Crippen LogP contribution in [0.3, 0.4) is 0 Å². The Morgan fingerprint density at radius 1 is 0.491 bits per heavy atom. The van der Waals surface area contributed by atoms with E-state index in [1.807, 2.05) is 0 Å². The van der Waals surface area contributed by atoms with Crippen LogP contribution in [0.2, 0.25) is 0 Å². The highest BCUT2D eigenvalue weighted by molar-refractivity contribution is 5.79. The van der Waals surface area contributed by atoms with Gasteiger partial charge in [0.2, 0.25) is 0 Å². The van der Waals surface area contributed by atoms with Crippen LogP contribution in [-0.4, -0.2) is 72.7 Å². The van der Waals surface area contributed by atoms with Gasteiger partial charge < -0.3 is 39.4 Å². The molecule has 0 heterocycles. The van der Waals surface area contributed by atoms with Gasteiger partial charge in [0.05, 0.1) is 40.3 Å². The minimum atomic E-state index is -0.743. The maximum atomic E-state index is 12.7. The normalized spacial score (nSPS) is 12.0. The SMILES string of the molecule is COC(=O)CCc1ccc(O)c(Cc2cc(C(C)C(=O)OC)cc(Cc3cc(C(C)C(=O)OC)cc(Cc4cc(CCC(=O)OC)ccc4O)c3O)c2O)c1. The number of rotatable bonds is 16. The smallest absolute Gasteiger partial charge is 0.312 e. The van der Waals surface area contributed by atoms with Gasteiger partial charge in [-0.15, -0.1) is 0 Å². The Morgan fingerprint density at radius 3 is 1.13 bits per heavy atom. The Labute approximate surface area is 320 Å². The lowest BCUT2D eigenvalue weighted by molar-refractivity contribution is -0.142. The summed E-state index contributed by atoms with van der Waals surface area (Å²) in [6.45, 7) is 3.33. The van der Waals surface area contributed by atoms with Crippen molar-refractivity contribution < 1.29 is 58.6 Å². The number of phenolic OH excluding ortho intramolecular Hbond substituents is 4. The van der Waals surface area contributed by atoms with Crippen molar-refractivity contribution in [2.45, 2.75) is 70.6 Å². The first kappa shape index (κ1) is 41.7. The average Bonchev–Trinajstić information content (AvgIpc) is 3.19. The predicted octanol–water partition coefficient (Wildman–Crippen LogP) is 6.05. The number of aromatic hydroxyl groups is 4. The molecule has 12 nitrogen and oxygen atoms in total. The van der Waals surface area contributed by atoms with Crippen molar-refractivity contribution in [2.75, 3.05) is 28.4 Å². The van der Waals surface area contributed by atoms with Crippen LogP contribution in [0.1, 0.15) is 94.2 Å². The molecule has 0 aliphatic heterocycles. The summed E-state index contributed by atoms with van der Waals surface area (Å²) in [4.78, 5) is 49.0. The van der Waals surface area contributed by atoms with Crippen LogP contribution in [0.25, 0.3) is 0 Å². The molecule has 0 aliphatic carbocycles. The highest BCUT2D eigenvalue weighted by Crippen LogP contribution is 2.38. The Kier molecular flexibility index (Phi) is 14.3. The van der Waals surface area contributed by atoms with Gasteiger partial charge >= 0.3 is 23.9 Å². The molecular weight excluding hydrogens is 708 g/mol. The molecular formula is C43H48O12. The number of phenols is 4. The van der Waals surface area contributed by atoms with E-state index in [0.717, 1.165) is 11.1 Å². The van der Waals surface area contributed by atoms with Gasteiger partial charge in [-0.05, 0) is 94.5 Å². The zero-order valence-electron chi connectivity index (χ0n) is 31.9. The quantitative estimate of drug-likeness (QED) is 0.0768. The second kappa shape index (κ2) is 18.8. The first-order valence-electron chi connectivity index (χ1n) is 17.8. The van der Waals surface area contributed by atoms with E-state index < -0.39 is 23.8 Å². The summed E-state index contributed by atoms with van der Waals surface area (Å²) in [5.41, 5.74) is 4.98. The van der Waals surface area contributed by atoms with E-state index in [0.29, 0.717) is 57.3 Å². The Bertz CT molecular complexity index is 1910. The molecule has 4 aromatic rings. The molecule has 0 saturated carbocycles.